The fourth-order valence-electron chi connectivity index (χ4n) is 4.18. The van der Waals surface area contributed by atoms with Crippen LogP contribution in [0.5, 0.6) is 0 Å². The van der Waals surface area contributed by atoms with Crippen molar-refractivity contribution < 1.29 is 9.53 Å². The highest BCUT2D eigenvalue weighted by Crippen LogP contribution is 2.27. The van der Waals surface area contributed by atoms with E-state index in [1.165, 1.54) is 28.5 Å². The highest BCUT2D eigenvalue weighted by molar-refractivity contribution is 7.98. The molecule has 0 aliphatic rings. The summed E-state index contributed by atoms with van der Waals surface area (Å²) in [5.74, 6) is 0.451. The van der Waals surface area contributed by atoms with Crippen molar-refractivity contribution in [3.63, 3.8) is 0 Å². The summed E-state index contributed by atoms with van der Waals surface area (Å²) in [6.07, 6.45) is 0. The van der Waals surface area contributed by atoms with Gasteiger partial charge in [-0.3, -0.25) is 14.2 Å². The molecule has 0 aliphatic heterocycles. The standard InChI is InChI=1S/C29H31N3O3S/c1-18-6-7-21(4)23(13-18)17-36-29-31-26-16-22(27(33)30-10-11-35-5)8-9-25(26)28(34)32(29)24-14-19(2)12-20(3)15-24/h6-9,12-16H,10-11,17H2,1-5H3,(H,30,33). The van der Waals surface area contributed by atoms with Crippen molar-refractivity contribution in [2.24, 2.45) is 0 Å². The number of thioether (sulfide) groups is 1. The van der Waals surface area contributed by atoms with Crippen LogP contribution in [-0.2, 0) is 10.5 Å². The molecule has 0 fully saturated rings. The Balaban J connectivity index is 1.82. The first-order chi connectivity index (χ1) is 17.3. The van der Waals surface area contributed by atoms with Gasteiger partial charge in [-0.05, 0) is 80.3 Å². The van der Waals surface area contributed by atoms with Crippen LogP contribution >= 0.6 is 11.8 Å². The minimum Gasteiger partial charge on any atom is -0.383 e. The summed E-state index contributed by atoms with van der Waals surface area (Å²) in [4.78, 5) is 31.3. The van der Waals surface area contributed by atoms with Gasteiger partial charge in [0.2, 0.25) is 0 Å². The van der Waals surface area contributed by atoms with E-state index < -0.39 is 0 Å². The molecule has 1 N–H and O–H groups in total. The van der Waals surface area contributed by atoms with Crippen molar-refractivity contribution in [1.29, 1.82) is 0 Å². The van der Waals surface area contributed by atoms with Crippen LogP contribution in [0.4, 0.5) is 0 Å². The smallest absolute Gasteiger partial charge is 0.266 e. The molecular weight excluding hydrogens is 470 g/mol. The summed E-state index contributed by atoms with van der Waals surface area (Å²) in [6.45, 7) is 9.05. The first kappa shape index (κ1) is 25.7. The number of nitrogens with one attached hydrogen (secondary N) is 1. The molecule has 0 atom stereocenters. The molecule has 0 spiro atoms. The molecule has 0 bridgehead atoms. The zero-order valence-corrected chi connectivity index (χ0v) is 22.2. The second-order valence-corrected chi connectivity index (χ2v) is 10.0. The van der Waals surface area contributed by atoms with Crippen molar-refractivity contribution in [2.45, 2.75) is 38.6 Å². The maximum absolute atomic E-state index is 13.8. The summed E-state index contributed by atoms with van der Waals surface area (Å²) in [7, 11) is 1.59. The molecule has 4 rings (SSSR count). The van der Waals surface area contributed by atoms with E-state index in [9.17, 15) is 9.59 Å². The van der Waals surface area contributed by atoms with Crippen molar-refractivity contribution >= 4 is 28.6 Å². The predicted octanol–water partition coefficient (Wildman–Crippen LogP) is 5.29. The van der Waals surface area contributed by atoms with Crippen LogP contribution < -0.4 is 10.9 Å². The molecular formula is C29H31N3O3S. The summed E-state index contributed by atoms with van der Waals surface area (Å²) >= 11 is 1.52. The molecule has 7 heteroatoms. The topological polar surface area (TPSA) is 73.2 Å². The van der Waals surface area contributed by atoms with Gasteiger partial charge in [0.1, 0.15) is 0 Å². The second kappa shape index (κ2) is 11.1. The lowest BCUT2D eigenvalue weighted by Gasteiger charge is -2.15. The number of amides is 1. The van der Waals surface area contributed by atoms with E-state index in [0.717, 1.165) is 16.8 Å². The van der Waals surface area contributed by atoms with Gasteiger partial charge in [-0.1, -0.05) is 41.6 Å². The van der Waals surface area contributed by atoms with E-state index in [-0.39, 0.29) is 11.5 Å². The van der Waals surface area contributed by atoms with Gasteiger partial charge in [-0.15, -0.1) is 0 Å². The number of methoxy groups -OCH3 is 1. The van der Waals surface area contributed by atoms with E-state index >= 15 is 0 Å². The molecule has 4 aromatic rings. The molecule has 0 saturated carbocycles. The number of nitrogens with zero attached hydrogens (tertiary/aromatic N) is 2. The van der Waals surface area contributed by atoms with Crippen molar-refractivity contribution in [3.8, 4) is 5.69 Å². The first-order valence-corrected chi connectivity index (χ1v) is 12.9. The third-order valence-electron chi connectivity index (χ3n) is 6.02. The summed E-state index contributed by atoms with van der Waals surface area (Å²) in [5.41, 5.74) is 7.34. The Kier molecular flexibility index (Phi) is 7.91. The zero-order chi connectivity index (χ0) is 25.8. The number of carbonyl (C=O) groups excluding carboxylic acids is 1. The van der Waals surface area contributed by atoms with Gasteiger partial charge in [-0.25, -0.2) is 4.98 Å². The summed E-state index contributed by atoms with van der Waals surface area (Å²) < 4.78 is 6.70. The van der Waals surface area contributed by atoms with E-state index in [1.54, 1.807) is 29.9 Å². The van der Waals surface area contributed by atoms with Crippen LogP contribution in [-0.4, -0.2) is 35.7 Å². The molecule has 36 heavy (non-hydrogen) atoms. The summed E-state index contributed by atoms with van der Waals surface area (Å²) in [6, 6.07) is 17.5. The number of hydrogen-bond acceptors (Lipinski definition) is 5. The number of carbonyl (C=O) groups is 1. The Morgan fingerprint density at radius 1 is 0.972 bits per heavy atom. The zero-order valence-electron chi connectivity index (χ0n) is 21.3. The predicted molar refractivity (Wildman–Crippen MR) is 147 cm³/mol. The van der Waals surface area contributed by atoms with Crippen LogP contribution in [0.15, 0.2) is 64.5 Å². The number of hydrogen-bond donors (Lipinski definition) is 1. The number of rotatable bonds is 8. The lowest BCUT2D eigenvalue weighted by atomic mass is 10.1. The Hall–Kier alpha value is -3.42. The van der Waals surface area contributed by atoms with E-state index in [1.807, 2.05) is 26.0 Å². The van der Waals surface area contributed by atoms with Gasteiger partial charge in [0.15, 0.2) is 5.16 Å². The Morgan fingerprint density at radius 3 is 2.44 bits per heavy atom. The number of fused-ring (bicyclic) bond motifs is 1. The third kappa shape index (κ3) is 5.69. The van der Waals surface area contributed by atoms with Gasteiger partial charge < -0.3 is 10.1 Å². The Morgan fingerprint density at radius 2 is 1.72 bits per heavy atom. The van der Waals surface area contributed by atoms with Crippen molar-refractivity contribution in [3.05, 3.63) is 98.3 Å². The lowest BCUT2D eigenvalue weighted by Crippen LogP contribution is -2.27. The molecule has 0 unspecified atom stereocenters. The number of aryl methyl sites for hydroxylation is 4. The largest absolute Gasteiger partial charge is 0.383 e. The van der Waals surface area contributed by atoms with Gasteiger partial charge in [0.05, 0.1) is 23.2 Å². The molecule has 0 radical (unpaired) electrons. The van der Waals surface area contributed by atoms with Crippen LogP contribution in [0.1, 0.15) is 38.2 Å². The molecule has 0 saturated heterocycles. The monoisotopic (exact) mass is 501 g/mol. The maximum Gasteiger partial charge on any atom is 0.266 e. The van der Waals surface area contributed by atoms with Crippen molar-refractivity contribution in [1.82, 2.24) is 14.9 Å². The SMILES string of the molecule is COCCNC(=O)c1ccc2c(=O)n(-c3cc(C)cc(C)c3)c(SCc3cc(C)ccc3C)nc2c1. The van der Waals surface area contributed by atoms with Gasteiger partial charge in [0.25, 0.3) is 11.5 Å². The average Bonchev–Trinajstić information content (AvgIpc) is 2.83. The third-order valence-corrected chi connectivity index (χ3v) is 7.01. The lowest BCUT2D eigenvalue weighted by molar-refractivity contribution is 0.0937. The Labute approximate surface area is 215 Å². The fraction of sp³-hybridized carbons (Fsp3) is 0.276. The second-order valence-electron chi connectivity index (χ2n) is 9.08. The highest BCUT2D eigenvalue weighted by Gasteiger charge is 2.16. The maximum atomic E-state index is 13.8. The van der Waals surface area contributed by atoms with Gasteiger partial charge in [-0.2, -0.15) is 0 Å². The van der Waals surface area contributed by atoms with E-state index in [4.69, 9.17) is 9.72 Å². The van der Waals surface area contributed by atoms with Gasteiger partial charge >= 0.3 is 0 Å². The highest BCUT2D eigenvalue weighted by atomic mass is 32.2. The number of aromatic nitrogens is 2. The molecule has 0 aliphatic carbocycles. The van der Waals surface area contributed by atoms with Gasteiger partial charge in [0, 0.05) is 25.0 Å². The average molecular weight is 502 g/mol. The van der Waals surface area contributed by atoms with Crippen LogP contribution in [0, 0.1) is 27.7 Å². The number of ether oxygens (including phenoxy) is 1. The van der Waals surface area contributed by atoms with Crippen LogP contribution in [0.25, 0.3) is 16.6 Å². The fourth-order valence-corrected chi connectivity index (χ4v) is 5.25. The van der Waals surface area contributed by atoms with Crippen LogP contribution in [0.2, 0.25) is 0 Å². The van der Waals surface area contributed by atoms with E-state index in [0.29, 0.717) is 40.5 Å². The molecule has 3 aromatic carbocycles. The van der Waals surface area contributed by atoms with E-state index in [2.05, 4.69) is 43.4 Å². The molecule has 1 amide bonds. The van der Waals surface area contributed by atoms with Crippen molar-refractivity contribution in [2.75, 3.05) is 20.3 Å². The molecule has 6 nitrogen and oxygen atoms in total. The molecule has 1 heterocycles. The van der Waals surface area contributed by atoms with Crippen LogP contribution in [0.3, 0.4) is 0 Å². The number of benzene rings is 3. The normalized spacial score (nSPS) is 11.1. The molecule has 186 valence electrons. The quantitative estimate of drug-likeness (QED) is 0.202. The minimum atomic E-state index is -0.223. The summed E-state index contributed by atoms with van der Waals surface area (Å²) in [5, 5.41) is 3.89. The first-order valence-electron chi connectivity index (χ1n) is 11.9. The minimum absolute atomic E-state index is 0.153. The Bertz CT molecular complexity index is 1470. The molecule has 1 aromatic heterocycles.